The van der Waals surface area contributed by atoms with Gasteiger partial charge in [0.05, 0.1) is 68.3 Å². The van der Waals surface area contributed by atoms with Crippen molar-refractivity contribution in [3.05, 3.63) is 209 Å². The molecule has 116 heavy (non-hydrogen) atoms. The largest absolute Gasteiger partial charge is 3.00 e. The van der Waals surface area contributed by atoms with Crippen LogP contribution in [0.1, 0.15) is 218 Å². The molecule has 15 rings (SSSR count). The Balaban J connectivity index is 0.000000170. The molecule has 26 heteroatoms. The molecular weight excluding hydrogens is 1580 g/mol. The number of H-pyrrole nitrogens is 6. The van der Waals surface area contributed by atoms with Gasteiger partial charge < -0.3 is 89.3 Å². The summed E-state index contributed by atoms with van der Waals surface area (Å²) in [7, 11) is 0. The van der Waals surface area contributed by atoms with Crippen LogP contribution in [0.3, 0.4) is 0 Å². The maximum absolute atomic E-state index is 11.3. The first-order valence-electron chi connectivity index (χ1n) is 37.8. The number of allylic oxidation sites excluding steroid dienone is 9. The van der Waals surface area contributed by atoms with Crippen LogP contribution >= 0.6 is 0 Å². The van der Waals surface area contributed by atoms with E-state index in [1.165, 1.54) is 0 Å². The van der Waals surface area contributed by atoms with Gasteiger partial charge in [0.2, 0.25) is 0 Å². The number of carboxylic acid groups (broad SMARTS) is 6. The molecule has 24 nitrogen and oxygen atoms in total. The van der Waals surface area contributed by atoms with E-state index in [0.717, 1.165) is 218 Å². The molecule has 0 fully saturated rings. The molecule has 0 spiro atoms. The summed E-state index contributed by atoms with van der Waals surface area (Å²) in [5.41, 5.74) is 36.0. The fourth-order valence-electron chi connectivity index (χ4n) is 15.3. The van der Waals surface area contributed by atoms with Gasteiger partial charge in [-0.25, -0.2) is 29.9 Å². The molecule has 0 aromatic carbocycles. The third-order valence-corrected chi connectivity index (χ3v) is 21.7. The van der Waals surface area contributed by atoms with Crippen LogP contribution in [0.2, 0.25) is 0 Å². The van der Waals surface area contributed by atoms with Crippen molar-refractivity contribution in [3.63, 3.8) is 0 Å². The van der Waals surface area contributed by atoms with E-state index < -0.39 is 35.8 Å². The molecule has 6 aliphatic heterocycles. The van der Waals surface area contributed by atoms with E-state index in [1.807, 2.05) is 174 Å². The van der Waals surface area contributed by atoms with Crippen molar-refractivity contribution in [2.75, 3.05) is 0 Å². The summed E-state index contributed by atoms with van der Waals surface area (Å²) in [4.78, 5) is 118. The number of aryl methyl sites for hydroxylation is 9. The molecule has 6 N–H and O–H groups in total. The van der Waals surface area contributed by atoms with Gasteiger partial charge in [0.15, 0.2) is 0 Å². The Hall–Kier alpha value is -12.1. The summed E-state index contributed by atoms with van der Waals surface area (Å²) >= 11 is 0. The third-order valence-electron chi connectivity index (χ3n) is 21.7. The molecule has 9 aromatic rings. The maximum atomic E-state index is 11.3. The Morgan fingerprint density at radius 2 is 0.491 bits per heavy atom. The number of aliphatic carboxylic acids is 6. The number of aromatic nitrogens is 12. The average Bonchev–Trinajstić information content (AvgIpc) is 1.64. The van der Waals surface area contributed by atoms with Gasteiger partial charge >= 0.3 is 39.6 Å². The van der Waals surface area contributed by atoms with E-state index >= 15 is 0 Å². The summed E-state index contributed by atoms with van der Waals surface area (Å²) in [5, 5.41) is 67.8. The van der Waals surface area contributed by atoms with Crippen LogP contribution in [0.5, 0.6) is 0 Å². The first-order chi connectivity index (χ1) is 54.3. The molecule has 9 aromatic heterocycles. The van der Waals surface area contributed by atoms with Crippen molar-refractivity contribution in [1.29, 1.82) is 0 Å². The molecule has 0 amide bonds. The van der Waals surface area contributed by atoms with Crippen LogP contribution in [0.15, 0.2) is 91.0 Å². The number of carbonyl (C=O) groups excluding carboxylic acids is 6. The molecule has 24 bridgehead atoms. The van der Waals surface area contributed by atoms with Gasteiger partial charge in [-0.1, -0.05) is 0 Å². The quantitative estimate of drug-likeness (QED) is 0.0435. The number of aromatic amines is 6. The van der Waals surface area contributed by atoms with Crippen molar-refractivity contribution >= 4 is 210 Å². The van der Waals surface area contributed by atoms with Gasteiger partial charge in [-0.2, -0.15) is 0 Å². The SMILES string of the molecule is CC1=Cc2cc3[nH]c(cc4nc(cc5[nH]c(cc1n2)cc5C)C(C)=C4CCC(=O)[O-])c(CCC(=O)[O-])c3C.CC1=Cc2cc3[nH]c(cc4nc(cc5[nH]c(cc1n2)cc5C)C(C)=C4CCC(=O)[O-])c(CCC(=O)[O-])c3C.CC1=Cc2cc3[nH]c(cc4nc(cc5[nH]c(cc1n2)cc5C)C(C)=C4CCC(=O)[O-])c(CCC(=O)[O-])c3C.[Ga+3].[Ga+3]. The third kappa shape index (κ3) is 19.0. The Labute approximate surface area is 694 Å². The first-order valence-corrected chi connectivity index (χ1v) is 37.8. The summed E-state index contributed by atoms with van der Waals surface area (Å²) < 4.78 is 0. The summed E-state index contributed by atoms with van der Waals surface area (Å²) in [6, 6.07) is 29.6. The van der Waals surface area contributed by atoms with Crippen molar-refractivity contribution in [1.82, 2.24) is 59.8 Å². The zero-order valence-corrected chi connectivity index (χ0v) is 71.5. The van der Waals surface area contributed by atoms with Crippen LogP contribution < -0.4 is 30.6 Å². The van der Waals surface area contributed by atoms with Gasteiger partial charge in [-0.05, 0) is 370 Å². The second-order valence-electron chi connectivity index (χ2n) is 29.8. The standard InChI is InChI=1S/3C30H30N4O4.2Ga/c3*1-15-9-20-12-25-17(3)21(5-7-29(35)36)27(33-25)14-28-22(6-8-30(37)38)18(4)26(34-28)13-24-16(2)10-19(32-24)11-23(15)31-20;;/h3*9-14,32-33H,5-8H2,1-4H3,(H,35,36)(H,37,38);;/q;;;2*+3/p-6. The molecule has 0 saturated carbocycles. The van der Waals surface area contributed by atoms with Gasteiger partial charge in [0, 0.05) is 102 Å². The molecule has 0 unspecified atom stereocenters. The van der Waals surface area contributed by atoms with Gasteiger partial charge in [0.25, 0.3) is 0 Å². The Morgan fingerprint density at radius 3 is 0.733 bits per heavy atom. The van der Waals surface area contributed by atoms with Crippen molar-refractivity contribution in [2.45, 2.75) is 160 Å². The molecule has 0 aliphatic carbocycles. The van der Waals surface area contributed by atoms with E-state index in [1.54, 1.807) is 0 Å². The van der Waals surface area contributed by atoms with E-state index in [4.69, 9.17) is 29.9 Å². The number of hydrogen-bond donors (Lipinski definition) is 6. The zero-order chi connectivity index (χ0) is 81.4. The fraction of sp³-hybridized carbons (Fsp3) is 0.267. The normalized spacial score (nSPS) is 12.9. The van der Waals surface area contributed by atoms with E-state index in [0.29, 0.717) is 17.1 Å². The number of rotatable bonds is 18. The van der Waals surface area contributed by atoms with Crippen LogP contribution in [-0.2, 0) is 48.0 Å². The summed E-state index contributed by atoms with van der Waals surface area (Å²) in [6.07, 6.45) is 6.99. The first kappa shape index (κ1) is 84.8. The topological polar surface area (TPSA) is 413 Å². The number of carboxylic acids is 6. The number of nitrogens with zero attached hydrogens (tertiary/aromatic N) is 6. The molecule has 0 saturated heterocycles. The smallest absolute Gasteiger partial charge is 0.550 e. The molecule has 6 aliphatic rings. The van der Waals surface area contributed by atoms with Gasteiger partial charge in [-0.15, -0.1) is 0 Å². The Kier molecular flexibility index (Phi) is 25.8. The summed E-state index contributed by atoms with van der Waals surface area (Å²) in [5.74, 6) is -6.74. The van der Waals surface area contributed by atoms with Crippen LogP contribution in [0, 0.1) is 41.5 Å². The monoisotopic (exact) mass is 1660 g/mol. The molecule has 0 radical (unpaired) electrons. The predicted octanol–water partition coefficient (Wildman–Crippen LogP) is 10.1. The number of fused-ring (bicyclic) bond motifs is 24. The van der Waals surface area contributed by atoms with E-state index in [9.17, 15) is 59.4 Å². The zero-order valence-electron chi connectivity index (χ0n) is 66.6. The van der Waals surface area contributed by atoms with Crippen LogP contribution in [-0.4, -0.2) is 135 Å². The van der Waals surface area contributed by atoms with Crippen molar-refractivity contribution in [3.8, 4) is 0 Å². The molecular formula is C90H84Ga2N12O12. The second-order valence-corrected chi connectivity index (χ2v) is 29.8. The maximum Gasteiger partial charge on any atom is 3.00 e. The molecule has 0 atom stereocenters. The van der Waals surface area contributed by atoms with Gasteiger partial charge in [-0.3, -0.25) is 0 Å². The van der Waals surface area contributed by atoms with E-state index in [2.05, 4.69) is 48.1 Å². The second kappa shape index (κ2) is 35.3. The van der Waals surface area contributed by atoms with Crippen molar-refractivity contribution < 1.29 is 59.4 Å². The van der Waals surface area contributed by atoms with Crippen LogP contribution in [0.4, 0.5) is 0 Å². The minimum Gasteiger partial charge on any atom is -0.550 e. The summed E-state index contributed by atoms with van der Waals surface area (Å²) in [6.45, 7) is 23.8. The number of carbonyl (C=O) groups is 6. The number of hydrogen-bond acceptors (Lipinski definition) is 18. The molecule has 15 heterocycles. The minimum atomic E-state index is -1.13. The number of nitrogens with one attached hydrogen (secondary N) is 6. The average molecular weight is 1670 g/mol. The molecule has 582 valence electrons. The van der Waals surface area contributed by atoms with Crippen LogP contribution in [0.25, 0.3) is 135 Å². The van der Waals surface area contributed by atoms with Gasteiger partial charge in [0.1, 0.15) is 0 Å². The Bertz CT molecular complexity index is 5780. The van der Waals surface area contributed by atoms with Crippen molar-refractivity contribution in [2.24, 2.45) is 0 Å². The predicted molar refractivity (Wildman–Crippen MR) is 444 cm³/mol. The van der Waals surface area contributed by atoms with E-state index in [-0.39, 0.29) is 117 Å². The Morgan fingerprint density at radius 1 is 0.259 bits per heavy atom. The minimum absolute atomic E-state index is 0. The fourth-order valence-corrected chi connectivity index (χ4v) is 15.3.